The number of hydrogen-bond donors (Lipinski definition) is 5. The summed E-state index contributed by atoms with van der Waals surface area (Å²) in [5.74, 6) is 1.24. The lowest BCUT2D eigenvalue weighted by Gasteiger charge is -2.60. The van der Waals surface area contributed by atoms with Crippen molar-refractivity contribution >= 4 is 22.7 Å². The summed E-state index contributed by atoms with van der Waals surface area (Å²) in [4.78, 5) is 24.7. The lowest BCUT2D eigenvalue weighted by atomic mass is 9.46. The van der Waals surface area contributed by atoms with Gasteiger partial charge in [-0.3, -0.25) is 9.59 Å². The maximum absolute atomic E-state index is 13.2. The molecule has 0 spiro atoms. The van der Waals surface area contributed by atoms with Crippen molar-refractivity contribution in [2.24, 2.45) is 40.4 Å². The molecule has 8 nitrogen and oxygen atoms in total. The van der Waals surface area contributed by atoms with E-state index in [0.717, 1.165) is 49.0 Å². The molecule has 0 aromatic heterocycles. The molecule has 9 heteroatoms. The van der Waals surface area contributed by atoms with Crippen LogP contribution in [-0.4, -0.2) is 84.4 Å². The molecule has 0 heterocycles. The number of aliphatic hydroxyl groups is 5. The minimum Gasteiger partial charge on any atom is -0.393 e. The smallest absolute Gasteiger partial charge is 0.212 e. The van der Waals surface area contributed by atoms with Gasteiger partial charge in [-0.25, -0.2) is 0 Å². The molecule has 4 aliphatic carbocycles. The summed E-state index contributed by atoms with van der Waals surface area (Å²) in [5.41, 5.74) is -0.982. The van der Waals surface area contributed by atoms with E-state index in [1.807, 2.05) is 13.8 Å². The summed E-state index contributed by atoms with van der Waals surface area (Å²) < 4.78 is 5.43. The van der Waals surface area contributed by atoms with Crippen LogP contribution >= 0.6 is 11.8 Å². The van der Waals surface area contributed by atoms with Crippen LogP contribution in [0.15, 0.2) is 35.5 Å². The number of carbonyl (C=O) groups is 2. The Morgan fingerprint density at radius 1 is 1.06 bits per heavy atom. The largest absolute Gasteiger partial charge is 0.393 e. The van der Waals surface area contributed by atoms with Gasteiger partial charge < -0.3 is 30.3 Å². The minimum atomic E-state index is -1.10. The van der Waals surface area contributed by atoms with Crippen LogP contribution in [0.1, 0.15) is 146 Å². The topological polar surface area (TPSA) is 145 Å². The Balaban J connectivity index is 0.000000325. The van der Waals surface area contributed by atoms with Crippen LogP contribution in [0, 0.1) is 40.4 Å². The molecule has 4 rings (SSSR count). The molecule has 3 fully saturated rings. The minimum absolute atomic E-state index is 0.00775. The summed E-state index contributed by atoms with van der Waals surface area (Å²) in [6.45, 7) is 20.3. The first-order valence-corrected chi connectivity index (χ1v) is 21.7. The number of allylic oxidation sites excluding steroid dienone is 4. The second-order valence-electron chi connectivity index (χ2n) is 19.2. The summed E-state index contributed by atoms with van der Waals surface area (Å²) >= 11 is 1.35. The van der Waals surface area contributed by atoms with Gasteiger partial charge in [0.05, 0.1) is 35.1 Å². The Morgan fingerprint density at radius 3 is 2.33 bits per heavy atom. The third-order valence-electron chi connectivity index (χ3n) is 14.1. The van der Waals surface area contributed by atoms with Gasteiger partial charge in [-0.2, -0.15) is 0 Å². The summed E-state index contributed by atoms with van der Waals surface area (Å²) in [6, 6.07) is 0. The average molecular weight is 777 g/mol. The van der Waals surface area contributed by atoms with Gasteiger partial charge in [0.15, 0.2) is 5.78 Å². The van der Waals surface area contributed by atoms with E-state index >= 15 is 0 Å². The Bertz CT molecular complexity index is 1360. The molecule has 0 saturated heterocycles. The number of methoxy groups -OCH3 is 1. The Labute approximate surface area is 331 Å². The lowest BCUT2D eigenvalue weighted by Crippen LogP contribution is -2.61. The van der Waals surface area contributed by atoms with Crippen LogP contribution in [0.5, 0.6) is 0 Å². The number of fused-ring (bicyclic) bond motifs is 5. The highest BCUT2D eigenvalue weighted by atomic mass is 32.2. The van der Waals surface area contributed by atoms with Crippen LogP contribution in [0.4, 0.5) is 0 Å². The van der Waals surface area contributed by atoms with Gasteiger partial charge in [0.1, 0.15) is 0 Å². The van der Waals surface area contributed by atoms with Crippen LogP contribution in [0.3, 0.4) is 0 Å². The van der Waals surface area contributed by atoms with Crippen molar-refractivity contribution < 1.29 is 39.9 Å². The van der Waals surface area contributed by atoms with Gasteiger partial charge >= 0.3 is 0 Å². The van der Waals surface area contributed by atoms with Crippen molar-refractivity contribution in [3.8, 4) is 0 Å². The third kappa shape index (κ3) is 11.2. The van der Waals surface area contributed by atoms with E-state index in [0.29, 0.717) is 31.6 Å². The molecule has 310 valence electrons. The Morgan fingerprint density at radius 2 is 1.72 bits per heavy atom. The zero-order valence-electron chi connectivity index (χ0n) is 35.5. The normalized spacial score (nSPS) is 34.6. The van der Waals surface area contributed by atoms with E-state index in [1.54, 1.807) is 33.1 Å². The van der Waals surface area contributed by atoms with E-state index in [-0.39, 0.29) is 46.6 Å². The highest BCUT2D eigenvalue weighted by Crippen LogP contribution is 2.68. The summed E-state index contributed by atoms with van der Waals surface area (Å²) in [7, 11) is 1.78. The van der Waals surface area contributed by atoms with Crippen LogP contribution < -0.4 is 0 Å². The zero-order valence-corrected chi connectivity index (χ0v) is 36.3. The molecule has 0 amide bonds. The maximum atomic E-state index is 13.2. The highest BCUT2D eigenvalue weighted by Gasteiger charge is 2.67. The quantitative estimate of drug-likeness (QED) is 0.0823. The molecule has 0 bridgehead atoms. The van der Waals surface area contributed by atoms with Crippen molar-refractivity contribution in [2.45, 2.75) is 181 Å². The van der Waals surface area contributed by atoms with Gasteiger partial charge in [-0.15, -0.1) is 0 Å². The first-order chi connectivity index (χ1) is 24.9. The summed E-state index contributed by atoms with van der Waals surface area (Å²) in [5, 5.41) is 54.1. The number of carbonyl (C=O) groups excluding carboxylic acids is 2. The highest BCUT2D eigenvalue weighted by molar-refractivity contribution is 8.14. The molecule has 0 radical (unpaired) electrons. The second-order valence-corrected chi connectivity index (χ2v) is 20.4. The Kier molecular flexibility index (Phi) is 16.5. The van der Waals surface area contributed by atoms with Gasteiger partial charge in [0.25, 0.3) is 0 Å². The van der Waals surface area contributed by atoms with E-state index in [9.17, 15) is 35.1 Å². The summed E-state index contributed by atoms with van der Waals surface area (Å²) in [6.07, 6.45) is 14.6. The number of thioether (sulfide) groups is 1. The van der Waals surface area contributed by atoms with Gasteiger partial charge in [-0.05, 0) is 157 Å². The number of ketones is 1. The predicted molar refractivity (Wildman–Crippen MR) is 220 cm³/mol. The van der Waals surface area contributed by atoms with Gasteiger partial charge in [0.2, 0.25) is 5.12 Å². The Hall–Kier alpha value is -1.33. The fraction of sp³-hybridized carbons (Fsp3) is 0.822. The van der Waals surface area contributed by atoms with Crippen LogP contribution in [0.2, 0.25) is 0 Å². The molecule has 11 atom stereocenters. The number of rotatable bonds is 15. The van der Waals surface area contributed by atoms with E-state index in [4.69, 9.17) is 4.74 Å². The molecular weight excluding hydrogens is 701 g/mol. The van der Waals surface area contributed by atoms with E-state index < -0.39 is 40.3 Å². The van der Waals surface area contributed by atoms with Crippen molar-refractivity contribution in [3.63, 3.8) is 0 Å². The van der Waals surface area contributed by atoms with Crippen molar-refractivity contribution in [3.05, 3.63) is 35.5 Å². The molecular formula is C45H76O8S. The van der Waals surface area contributed by atoms with Crippen molar-refractivity contribution in [1.82, 2.24) is 0 Å². The first-order valence-electron chi connectivity index (χ1n) is 20.8. The number of ether oxygens (including phenoxy) is 1. The number of aliphatic hydroxyl groups excluding tert-OH is 3. The molecule has 3 saturated carbocycles. The SMILES string of the molecule is CCSC(=O)/C=C(C)/C=C/CC(C)CCCC(C)(C)OC.C[C@H]([C@H](O)CCC(C)(C)O)[C@H]1CC[C@@]2(O)C3=CC(=O)[C@@H]4C[C@@H](O)[C@@H](O)C[C@]4(C)[C@H]3CC[C@]12C. The maximum Gasteiger partial charge on any atom is 0.212 e. The van der Waals surface area contributed by atoms with Crippen molar-refractivity contribution in [2.75, 3.05) is 12.9 Å². The molecule has 54 heavy (non-hydrogen) atoms. The van der Waals surface area contributed by atoms with E-state index in [2.05, 4.69) is 53.7 Å². The predicted octanol–water partition coefficient (Wildman–Crippen LogP) is 8.13. The first kappa shape index (κ1) is 47.0. The molecule has 5 N–H and O–H groups in total. The molecule has 0 aromatic carbocycles. The molecule has 0 aromatic rings. The molecule has 4 aliphatic rings. The second kappa shape index (κ2) is 18.9. The molecule has 0 aliphatic heterocycles. The number of hydrogen-bond acceptors (Lipinski definition) is 9. The average Bonchev–Trinajstić information content (AvgIpc) is 3.35. The lowest BCUT2D eigenvalue weighted by molar-refractivity contribution is -0.154. The van der Waals surface area contributed by atoms with Crippen molar-refractivity contribution in [1.29, 1.82) is 0 Å². The van der Waals surface area contributed by atoms with E-state index in [1.165, 1.54) is 24.6 Å². The van der Waals surface area contributed by atoms with Crippen LogP contribution in [-0.2, 0) is 14.3 Å². The molecule has 1 unspecified atom stereocenters. The van der Waals surface area contributed by atoms with Gasteiger partial charge in [-0.1, -0.05) is 71.4 Å². The monoisotopic (exact) mass is 777 g/mol. The standard InChI is InChI=1S/C27H44O6.C18H32O2S/c1-15(20(28)8-9-24(2,3)32)16-7-11-27(33)18-12-21(29)19-13-22(30)23(31)14-25(19,4)17(18)6-10-26(16,27)5;1-7-21-17(19)14-16(3)11-8-10-15(2)12-9-13-18(4,5)20-6/h12,15-17,19-20,22-23,28,30-33H,6-11,13-14H2,1-5H3;8,11,14-15H,7,9-10,12-13H2,1-6H3/b;11-8+,16-14+/t15-,16+,17-,19-,20+,22+,23-,25+,26+,27+;/m0./s1. The zero-order chi connectivity index (χ0) is 40.9. The van der Waals surface area contributed by atoms with Crippen LogP contribution in [0.25, 0.3) is 0 Å². The fourth-order valence-electron chi connectivity index (χ4n) is 10.3. The third-order valence-corrected chi connectivity index (χ3v) is 14.8. The fourth-order valence-corrected chi connectivity index (χ4v) is 10.8. The van der Waals surface area contributed by atoms with Gasteiger partial charge in [0, 0.05) is 18.4 Å².